The maximum atomic E-state index is 12.8. The normalized spacial score (nSPS) is 11.3. The highest BCUT2D eigenvalue weighted by atomic mass is 19.4. The van der Waals surface area contributed by atoms with Crippen molar-refractivity contribution in [2.45, 2.75) is 12.7 Å². The monoisotopic (exact) mass is 271 g/mol. The Kier molecular flexibility index (Phi) is 4.95. The number of benzene rings is 1. The maximum Gasteiger partial charge on any atom is 0.416 e. The predicted molar refractivity (Wildman–Crippen MR) is 63.2 cm³/mol. The smallest absolute Gasteiger partial charge is 0.416 e. The van der Waals surface area contributed by atoms with Gasteiger partial charge in [0, 0.05) is 6.54 Å². The van der Waals surface area contributed by atoms with E-state index in [4.69, 9.17) is 11.5 Å². The van der Waals surface area contributed by atoms with E-state index in [0.717, 1.165) is 6.07 Å². The number of nitrogens with zero attached hydrogens (tertiary/aromatic N) is 1. The lowest BCUT2D eigenvalue weighted by Gasteiger charge is -2.20. The van der Waals surface area contributed by atoms with Gasteiger partial charge in [-0.15, -0.1) is 6.42 Å². The van der Waals surface area contributed by atoms with Crippen LogP contribution in [0.5, 0.6) is 0 Å². The third kappa shape index (κ3) is 4.64. The number of alkyl halides is 3. The molecule has 0 bridgehead atoms. The van der Waals surface area contributed by atoms with Gasteiger partial charge in [-0.2, -0.15) is 13.2 Å². The quantitative estimate of drug-likeness (QED) is 0.835. The number of carboxylic acid groups (broad SMARTS) is 1. The standard InChI is InChI=1S/C13H12F3NO2/c1-2-7-17(9-12(18)19)8-10-5-3-4-6-11(10)13(14,15)16/h1,3-6H,7-9H2,(H,18,19). The summed E-state index contributed by atoms with van der Waals surface area (Å²) in [5, 5.41) is 8.69. The van der Waals surface area contributed by atoms with E-state index in [2.05, 4.69) is 5.92 Å². The Balaban J connectivity index is 2.97. The largest absolute Gasteiger partial charge is 0.480 e. The first-order valence-corrected chi connectivity index (χ1v) is 5.37. The second-order valence-corrected chi connectivity index (χ2v) is 3.90. The highest BCUT2D eigenvalue weighted by Gasteiger charge is 2.33. The lowest BCUT2D eigenvalue weighted by Crippen LogP contribution is -2.30. The van der Waals surface area contributed by atoms with Crippen molar-refractivity contribution in [3.05, 3.63) is 35.4 Å². The summed E-state index contributed by atoms with van der Waals surface area (Å²) in [6, 6.07) is 5.03. The zero-order valence-corrected chi connectivity index (χ0v) is 9.94. The Morgan fingerprint density at radius 2 is 2.00 bits per heavy atom. The minimum atomic E-state index is -4.47. The highest BCUT2D eigenvalue weighted by molar-refractivity contribution is 5.69. The average Bonchev–Trinajstić information content (AvgIpc) is 2.27. The van der Waals surface area contributed by atoms with Crippen molar-refractivity contribution in [2.75, 3.05) is 13.1 Å². The van der Waals surface area contributed by atoms with Gasteiger partial charge in [-0.3, -0.25) is 9.69 Å². The van der Waals surface area contributed by atoms with Crippen LogP contribution >= 0.6 is 0 Å². The van der Waals surface area contributed by atoms with Gasteiger partial charge in [0.05, 0.1) is 18.7 Å². The third-order valence-electron chi connectivity index (χ3n) is 2.39. The highest BCUT2D eigenvalue weighted by Crippen LogP contribution is 2.32. The minimum absolute atomic E-state index is 0.00602. The molecular weight excluding hydrogens is 259 g/mol. The van der Waals surface area contributed by atoms with E-state index in [1.165, 1.54) is 23.1 Å². The fourth-order valence-corrected chi connectivity index (χ4v) is 1.66. The first-order chi connectivity index (χ1) is 8.84. The number of rotatable bonds is 5. The molecule has 0 aliphatic carbocycles. The molecule has 0 aromatic heterocycles. The second-order valence-electron chi connectivity index (χ2n) is 3.90. The van der Waals surface area contributed by atoms with Crippen molar-refractivity contribution in [1.82, 2.24) is 4.90 Å². The third-order valence-corrected chi connectivity index (χ3v) is 2.39. The number of halogens is 3. The van der Waals surface area contributed by atoms with Gasteiger partial charge in [-0.05, 0) is 11.6 Å². The molecule has 1 N–H and O–H groups in total. The predicted octanol–water partition coefficient (Wildman–Crippen LogP) is 2.23. The zero-order chi connectivity index (χ0) is 14.5. The van der Waals surface area contributed by atoms with Gasteiger partial charge < -0.3 is 5.11 Å². The van der Waals surface area contributed by atoms with Crippen molar-refractivity contribution in [3.63, 3.8) is 0 Å². The maximum absolute atomic E-state index is 12.8. The first-order valence-electron chi connectivity index (χ1n) is 5.37. The molecule has 1 aromatic rings. The topological polar surface area (TPSA) is 40.5 Å². The van der Waals surface area contributed by atoms with Crippen molar-refractivity contribution < 1.29 is 23.1 Å². The molecule has 0 fully saturated rings. The molecule has 1 rings (SSSR count). The van der Waals surface area contributed by atoms with Crippen LogP contribution in [0.25, 0.3) is 0 Å². The molecule has 1 aromatic carbocycles. The van der Waals surface area contributed by atoms with Crippen LogP contribution in [-0.2, 0) is 17.5 Å². The molecule has 3 nitrogen and oxygen atoms in total. The molecule has 0 aliphatic rings. The molecule has 19 heavy (non-hydrogen) atoms. The molecule has 0 spiro atoms. The fraction of sp³-hybridized carbons (Fsp3) is 0.308. The molecule has 102 valence electrons. The van der Waals surface area contributed by atoms with E-state index in [-0.39, 0.29) is 18.7 Å². The van der Waals surface area contributed by atoms with Gasteiger partial charge >= 0.3 is 12.1 Å². The summed E-state index contributed by atoms with van der Waals surface area (Å²) in [7, 11) is 0. The summed E-state index contributed by atoms with van der Waals surface area (Å²) in [4.78, 5) is 11.9. The summed E-state index contributed by atoms with van der Waals surface area (Å²) in [6.07, 6.45) is 0.605. The van der Waals surface area contributed by atoms with Crippen LogP contribution in [-0.4, -0.2) is 29.1 Å². The summed E-state index contributed by atoms with van der Waals surface area (Å²) >= 11 is 0. The summed E-state index contributed by atoms with van der Waals surface area (Å²) < 4.78 is 38.3. The van der Waals surface area contributed by atoms with E-state index < -0.39 is 24.3 Å². The zero-order valence-electron chi connectivity index (χ0n) is 9.94. The number of aliphatic carboxylic acids is 1. The SMILES string of the molecule is C#CCN(CC(=O)O)Cc1ccccc1C(F)(F)F. The average molecular weight is 271 g/mol. The van der Waals surface area contributed by atoms with Gasteiger partial charge in [0.1, 0.15) is 0 Å². The Morgan fingerprint density at radius 3 is 2.53 bits per heavy atom. The summed E-state index contributed by atoms with van der Waals surface area (Å²) in [5.41, 5.74) is -0.770. The van der Waals surface area contributed by atoms with Crippen molar-refractivity contribution in [2.24, 2.45) is 0 Å². The number of carbonyl (C=O) groups is 1. The summed E-state index contributed by atoms with van der Waals surface area (Å²) in [6.45, 7) is -0.596. The Morgan fingerprint density at radius 1 is 1.37 bits per heavy atom. The Bertz CT molecular complexity index is 491. The summed E-state index contributed by atoms with van der Waals surface area (Å²) in [5.74, 6) is 1.09. The molecule has 0 radical (unpaired) electrons. The van der Waals surface area contributed by atoms with Crippen LogP contribution in [0.3, 0.4) is 0 Å². The molecule has 0 saturated carbocycles. The van der Waals surface area contributed by atoms with Crippen LogP contribution < -0.4 is 0 Å². The van der Waals surface area contributed by atoms with E-state index >= 15 is 0 Å². The van der Waals surface area contributed by atoms with E-state index in [0.29, 0.717) is 0 Å². The first kappa shape index (κ1) is 15.1. The number of terminal acetylenes is 1. The number of hydrogen-bond acceptors (Lipinski definition) is 2. The molecule has 6 heteroatoms. The van der Waals surface area contributed by atoms with Crippen molar-refractivity contribution >= 4 is 5.97 Å². The molecular formula is C13H12F3NO2. The molecule has 0 atom stereocenters. The van der Waals surface area contributed by atoms with Gasteiger partial charge in [-0.25, -0.2) is 0 Å². The lowest BCUT2D eigenvalue weighted by molar-refractivity contribution is -0.138. The Hall–Kier alpha value is -2.00. The minimum Gasteiger partial charge on any atom is -0.480 e. The molecule has 0 unspecified atom stereocenters. The van der Waals surface area contributed by atoms with Crippen LogP contribution in [0.15, 0.2) is 24.3 Å². The van der Waals surface area contributed by atoms with Crippen LogP contribution in [0.2, 0.25) is 0 Å². The van der Waals surface area contributed by atoms with E-state index in [1.807, 2.05) is 0 Å². The molecule has 0 saturated heterocycles. The van der Waals surface area contributed by atoms with Crippen LogP contribution in [0, 0.1) is 12.3 Å². The number of hydrogen-bond donors (Lipinski definition) is 1. The van der Waals surface area contributed by atoms with Crippen molar-refractivity contribution in [1.29, 1.82) is 0 Å². The molecule has 0 heterocycles. The van der Waals surface area contributed by atoms with Crippen LogP contribution in [0.4, 0.5) is 13.2 Å². The molecule has 0 aliphatic heterocycles. The van der Waals surface area contributed by atoms with E-state index in [1.54, 1.807) is 0 Å². The van der Waals surface area contributed by atoms with Gasteiger partial charge in [-0.1, -0.05) is 24.1 Å². The van der Waals surface area contributed by atoms with Crippen LogP contribution in [0.1, 0.15) is 11.1 Å². The second kappa shape index (κ2) is 6.25. The van der Waals surface area contributed by atoms with Gasteiger partial charge in [0.25, 0.3) is 0 Å². The fourth-order valence-electron chi connectivity index (χ4n) is 1.66. The Labute approximate surface area is 108 Å². The number of carboxylic acids is 1. The van der Waals surface area contributed by atoms with Gasteiger partial charge in [0.15, 0.2) is 0 Å². The van der Waals surface area contributed by atoms with Gasteiger partial charge in [0.2, 0.25) is 0 Å². The van der Waals surface area contributed by atoms with E-state index in [9.17, 15) is 18.0 Å². The molecule has 0 amide bonds. The van der Waals surface area contributed by atoms with Crippen molar-refractivity contribution in [3.8, 4) is 12.3 Å². The lowest BCUT2D eigenvalue weighted by atomic mass is 10.1.